The third-order valence-corrected chi connectivity index (χ3v) is 3.36. The monoisotopic (exact) mass is 517 g/mol. The highest BCUT2D eigenvalue weighted by molar-refractivity contribution is 5.79. The largest absolute Gasteiger partial charge is 0.573 e. The van der Waals surface area contributed by atoms with E-state index in [2.05, 4.69) is 9.47 Å². The van der Waals surface area contributed by atoms with Gasteiger partial charge in [0.05, 0.1) is 22.0 Å². The van der Waals surface area contributed by atoms with Crippen molar-refractivity contribution in [2.75, 3.05) is 5.73 Å². The third-order valence-electron chi connectivity index (χ3n) is 3.36. The van der Waals surface area contributed by atoms with E-state index in [1.54, 1.807) is 0 Å². The number of hydrogen-bond acceptors (Lipinski definition) is 8. The first-order valence-corrected chi connectivity index (χ1v) is 8.30. The number of alkyl halides is 6. The number of rotatable bonds is 6. The Hall–Kier alpha value is -4.11. The molecule has 2 aromatic rings. The molecule has 0 amide bonds. The van der Waals surface area contributed by atoms with Crippen LogP contribution in [0.25, 0.3) is 0 Å². The second-order valence-electron chi connectivity index (χ2n) is 6.00. The first-order valence-electron chi connectivity index (χ1n) is 8.30. The van der Waals surface area contributed by atoms with E-state index in [9.17, 15) is 51.4 Å². The van der Waals surface area contributed by atoms with E-state index in [0.29, 0.717) is 12.1 Å². The average molecular weight is 517 g/mol. The molecule has 0 bridgehead atoms. The summed E-state index contributed by atoms with van der Waals surface area (Å²) in [6, 6.07) is 5.13. The van der Waals surface area contributed by atoms with Gasteiger partial charge < -0.3 is 15.2 Å². The summed E-state index contributed by atoms with van der Waals surface area (Å²) >= 11 is 0. The van der Waals surface area contributed by atoms with Crippen molar-refractivity contribution in [3.05, 3.63) is 62.2 Å². The number of benzene rings is 2. The van der Waals surface area contributed by atoms with Gasteiger partial charge in [0.2, 0.25) is 0 Å². The zero-order valence-electron chi connectivity index (χ0n) is 16.3. The summed E-state index contributed by atoms with van der Waals surface area (Å²) < 4.78 is 78.1. The summed E-state index contributed by atoms with van der Waals surface area (Å²) in [5, 5.41) is 21.0. The molecule has 0 aliphatic heterocycles. The summed E-state index contributed by atoms with van der Waals surface area (Å²) in [6.45, 7) is 1.23. The molecular weight excluding hydrogens is 496 g/mol. The fourth-order valence-electron chi connectivity index (χ4n) is 2.21. The lowest BCUT2D eigenvalue weighted by atomic mass is 10.1. The van der Waals surface area contributed by atoms with Gasteiger partial charge in [0, 0.05) is 12.0 Å². The highest BCUT2D eigenvalue weighted by Gasteiger charge is 2.32. The predicted molar refractivity (Wildman–Crippen MR) is 112 cm³/mol. The first kappa shape index (κ1) is 33.1. The van der Waals surface area contributed by atoms with Gasteiger partial charge in [-0.3, -0.25) is 25.0 Å². The molecular formula is C19H21F6N3O7. The molecule has 0 heterocycles. The van der Waals surface area contributed by atoms with Crippen molar-refractivity contribution < 1.29 is 50.5 Å². The Morgan fingerprint density at radius 2 is 1.26 bits per heavy atom. The van der Waals surface area contributed by atoms with Crippen LogP contribution in [0.5, 0.6) is 11.5 Å². The lowest BCUT2D eigenvalue weighted by Gasteiger charge is -2.09. The van der Waals surface area contributed by atoms with Crippen molar-refractivity contribution >= 4 is 22.8 Å². The number of nitro benzene ring substituents is 2. The van der Waals surface area contributed by atoms with Gasteiger partial charge in [0.25, 0.3) is 11.4 Å². The van der Waals surface area contributed by atoms with Crippen molar-refractivity contribution in [3.8, 4) is 11.5 Å². The SMILES string of the molecule is C.C.CC(=O)Cc1ccc(OC(F)(F)F)cc1[N+](=O)[O-].Nc1ccc(OC(F)(F)F)cc1[N+](=O)[O-]. The number of halogens is 6. The highest BCUT2D eigenvalue weighted by Crippen LogP contribution is 2.30. The molecule has 0 spiro atoms. The number of carbonyl (C=O) groups excluding carboxylic acids is 1. The Labute approximate surface area is 194 Å². The van der Waals surface area contributed by atoms with Gasteiger partial charge in [-0.1, -0.05) is 14.9 Å². The highest BCUT2D eigenvalue weighted by atomic mass is 19.4. The van der Waals surface area contributed by atoms with Crippen LogP contribution in [0.3, 0.4) is 0 Å². The lowest BCUT2D eigenvalue weighted by Crippen LogP contribution is -2.17. The molecule has 0 aliphatic rings. The molecule has 2 N–H and O–H groups in total. The lowest BCUT2D eigenvalue weighted by molar-refractivity contribution is -0.385. The fraction of sp³-hybridized carbons (Fsp3) is 0.316. The van der Waals surface area contributed by atoms with E-state index < -0.39 is 45.4 Å². The molecule has 0 radical (unpaired) electrons. The van der Waals surface area contributed by atoms with E-state index in [-0.39, 0.29) is 38.3 Å². The zero-order chi connectivity index (χ0) is 25.6. The molecule has 0 unspecified atom stereocenters. The number of ketones is 1. The molecule has 196 valence electrons. The van der Waals surface area contributed by atoms with Gasteiger partial charge >= 0.3 is 12.7 Å². The molecule has 35 heavy (non-hydrogen) atoms. The summed E-state index contributed by atoms with van der Waals surface area (Å²) in [7, 11) is 0. The van der Waals surface area contributed by atoms with E-state index in [1.165, 1.54) is 6.92 Å². The zero-order valence-corrected chi connectivity index (χ0v) is 16.3. The Kier molecular flexibility index (Phi) is 12.2. The maximum atomic E-state index is 11.9. The van der Waals surface area contributed by atoms with Gasteiger partial charge in [-0.15, -0.1) is 26.3 Å². The Morgan fingerprint density at radius 3 is 1.63 bits per heavy atom. The van der Waals surface area contributed by atoms with Crippen molar-refractivity contribution in [1.29, 1.82) is 0 Å². The van der Waals surface area contributed by atoms with Crippen LogP contribution < -0.4 is 15.2 Å². The molecule has 0 saturated heterocycles. The van der Waals surface area contributed by atoms with Crippen LogP contribution in [0.15, 0.2) is 36.4 Å². The number of nitro groups is 2. The molecule has 0 saturated carbocycles. The number of carbonyl (C=O) groups is 1. The minimum atomic E-state index is -4.92. The number of anilines is 1. The molecule has 0 atom stereocenters. The van der Waals surface area contributed by atoms with Crippen LogP contribution in [-0.2, 0) is 11.2 Å². The maximum Gasteiger partial charge on any atom is 0.573 e. The number of ether oxygens (including phenoxy) is 2. The van der Waals surface area contributed by atoms with Gasteiger partial charge in [0.1, 0.15) is 23.0 Å². The molecule has 0 fully saturated rings. The molecule has 10 nitrogen and oxygen atoms in total. The molecule has 0 aliphatic carbocycles. The summed E-state index contributed by atoms with van der Waals surface area (Å²) in [5.74, 6) is -1.70. The van der Waals surface area contributed by atoms with Crippen LogP contribution in [0.2, 0.25) is 0 Å². The number of hydrogen-bond donors (Lipinski definition) is 1. The summed E-state index contributed by atoms with van der Waals surface area (Å²) in [5.41, 5.74) is 3.79. The van der Waals surface area contributed by atoms with E-state index in [0.717, 1.165) is 24.3 Å². The van der Waals surface area contributed by atoms with Gasteiger partial charge in [0.15, 0.2) is 0 Å². The minimum Gasteiger partial charge on any atom is -0.406 e. The summed E-state index contributed by atoms with van der Waals surface area (Å²) in [6.07, 6.45) is -10.0. The number of nitrogens with two attached hydrogens (primary N) is 1. The average Bonchev–Trinajstić information content (AvgIpc) is 2.62. The van der Waals surface area contributed by atoms with Crippen LogP contribution in [-0.4, -0.2) is 28.4 Å². The first-order chi connectivity index (χ1) is 15.0. The van der Waals surface area contributed by atoms with E-state index in [1.807, 2.05) is 0 Å². The minimum absolute atomic E-state index is 0. The van der Waals surface area contributed by atoms with Crippen LogP contribution in [0, 0.1) is 20.2 Å². The Morgan fingerprint density at radius 1 is 0.857 bits per heavy atom. The predicted octanol–water partition coefficient (Wildman–Crippen LogP) is 5.97. The van der Waals surface area contributed by atoms with Gasteiger partial charge in [-0.25, -0.2) is 0 Å². The maximum absolute atomic E-state index is 11.9. The van der Waals surface area contributed by atoms with Crippen molar-refractivity contribution in [3.63, 3.8) is 0 Å². The van der Waals surface area contributed by atoms with E-state index in [4.69, 9.17) is 5.73 Å². The smallest absolute Gasteiger partial charge is 0.406 e. The number of nitrogens with zero attached hydrogens (tertiary/aromatic N) is 2. The molecule has 0 aromatic heterocycles. The fourth-order valence-corrected chi connectivity index (χ4v) is 2.21. The second kappa shape index (κ2) is 13.0. The molecule has 2 rings (SSSR count). The Balaban J connectivity index is 0. The second-order valence-corrected chi connectivity index (χ2v) is 6.00. The summed E-state index contributed by atoms with van der Waals surface area (Å²) in [4.78, 5) is 30.1. The Bertz CT molecular complexity index is 1040. The van der Waals surface area contributed by atoms with Crippen LogP contribution >= 0.6 is 0 Å². The number of Topliss-reactive ketones (excluding diaryl/α,β-unsaturated/α-hetero) is 1. The van der Waals surface area contributed by atoms with Gasteiger partial charge in [-0.2, -0.15) is 0 Å². The topological polar surface area (TPSA) is 148 Å². The van der Waals surface area contributed by atoms with Crippen LogP contribution in [0.1, 0.15) is 27.3 Å². The van der Waals surface area contributed by atoms with Crippen molar-refractivity contribution in [2.45, 2.75) is 40.9 Å². The van der Waals surface area contributed by atoms with Crippen LogP contribution in [0.4, 0.5) is 43.4 Å². The molecule has 16 heteroatoms. The third kappa shape index (κ3) is 12.1. The quantitative estimate of drug-likeness (QED) is 0.213. The van der Waals surface area contributed by atoms with Crippen molar-refractivity contribution in [1.82, 2.24) is 0 Å². The van der Waals surface area contributed by atoms with Gasteiger partial charge in [-0.05, 0) is 31.2 Å². The molecule has 2 aromatic carbocycles. The van der Waals surface area contributed by atoms with E-state index >= 15 is 0 Å². The standard InChI is InChI=1S/C10H8F3NO4.C7H5F3N2O3.2CH4/c1-6(15)4-7-2-3-8(18-10(11,12)13)5-9(7)14(16)17;8-7(9,10)15-4-1-2-5(11)6(3-4)12(13)14;;/h2-3,5H,4H2,1H3;1-3H,11H2;2*1H4. The number of nitrogen functional groups attached to an aromatic ring is 1. The normalized spacial score (nSPS) is 10.5. The van der Waals surface area contributed by atoms with Crippen molar-refractivity contribution in [2.24, 2.45) is 0 Å².